The normalized spacial score (nSPS) is 12.9. The Morgan fingerprint density at radius 1 is 0.867 bits per heavy atom. The molecule has 0 fully saturated rings. The Balaban J connectivity index is 3.34. The fraction of sp³-hybridized carbons (Fsp3) is 1.00. The van der Waals surface area contributed by atoms with Gasteiger partial charge in [0.15, 0.2) is 0 Å². The van der Waals surface area contributed by atoms with Crippen LogP contribution in [0.5, 0.6) is 0 Å². The summed E-state index contributed by atoms with van der Waals surface area (Å²) in [6.45, 7) is 0. The first-order valence-corrected chi connectivity index (χ1v) is 15.8. The molecule has 6 nitrogen and oxygen atoms in total. The molecule has 0 unspecified atom stereocenters. The maximum atomic E-state index is 10.3. The first kappa shape index (κ1) is 16.3. The summed E-state index contributed by atoms with van der Waals surface area (Å²) in [5.74, 6) is 0.141. The van der Waals surface area contributed by atoms with Crippen LogP contribution in [0.4, 0.5) is 0 Å². The van der Waals surface area contributed by atoms with E-state index in [0.29, 0.717) is 11.5 Å². The van der Waals surface area contributed by atoms with Gasteiger partial charge in [-0.1, -0.05) is 0 Å². The fourth-order valence-electron chi connectivity index (χ4n) is 0.419. The quantitative estimate of drug-likeness (QED) is 0.326. The monoisotopic (exact) mass is 402 g/mol. The first-order valence-electron chi connectivity index (χ1n) is 3.59. The zero-order chi connectivity index (χ0) is 11.9. The predicted octanol–water partition coefficient (Wildman–Crippen LogP) is -0.237. The second kappa shape index (κ2) is 7.61. The summed E-state index contributed by atoms with van der Waals surface area (Å²) in [5, 5.41) is 0. The molecule has 0 aromatic heterocycles. The van der Waals surface area contributed by atoms with Crippen molar-refractivity contribution in [3.63, 3.8) is 0 Å². The second-order valence-corrected chi connectivity index (χ2v) is 16.8. The molecule has 11 heteroatoms. The van der Waals surface area contributed by atoms with Gasteiger partial charge in [-0.05, 0) is 0 Å². The van der Waals surface area contributed by atoms with E-state index in [2.05, 4.69) is 0 Å². The Bertz CT molecular complexity index is 325. The van der Waals surface area contributed by atoms with Gasteiger partial charge in [0.2, 0.25) is 0 Å². The molecule has 0 heterocycles. The van der Waals surface area contributed by atoms with E-state index in [9.17, 15) is 16.8 Å². The third-order valence-corrected chi connectivity index (χ3v) is 14.3. The molecule has 0 aromatic rings. The molecule has 0 aliphatic rings. The molecular formula is C4H10O6S4Sn. The van der Waals surface area contributed by atoms with Crippen molar-refractivity contribution in [2.24, 2.45) is 0 Å². The van der Waals surface area contributed by atoms with Crippen LogP contribution >= 0.6 is 17.9 Å². The van der Waals surface area contributed by atoms with E-state index in [4.69, 9.17) is 9.11 Å². The molecule has 0 aromatic carbocycles. The Labute approximate surface area is 105 Å². The molecule has 0 amide bonds. The molecule has 0 spiro atoms. The van der Waals surface area contributed by atoms with E-state index in [-0.39, 0.29) is 11.5 Å². The number of hydrogen-bond donors (Lipinski definition) is 2. The minimum atomic E-state index is -3.88. The summed E-state index contributed by atoms with van der Waals surface area (Å²) < 4.78 is 57.9. The second-order valence-electron chi connectivity index (χ2n) is 2.35. The summed E-state index contributed by atoms with van der Waals surface area (Å²) in [6.07, 6.45) is 0. The van der Waals surface area contributed by atoms with E-state index >= 15 is 0 Å². The molecule has 0 bridgehead atoms. The molecule has 0 rings (SSSR count). The molecule has 0 saturated carbocycles. The van der Waals surface area contributed by atoms with Crippen LogP contribution in [0.2, 0.25) is 0 Å². The molecule has 0 saturated heterocycles. The Morgan fingerprint density at radius 3 is 1.47 bits per heavy atom. The van der Waals surface area contributed by atoms with Gasteiger partial charge in [-0.25, -0.2) is 0 Å². The van der Waals surface area contributed by atoms with E-state index in [1.54, 1.807) is 0 Å². The SMILES string of the molecule is O=S(=O)(O)CC[S][Sn][S]CCS(=O)(=O)O. The number of rotatable bonds is 8. The summed E-state index contributed by atoms with van der Waals surface area (Å²) >= 11 is -0.905. The third kappa shape index (κ3) is 15.3. The van der Waals surface area contributed by atoms with Gasteiger partial charge in [0.25, 0.3) is 0 Å². The molecule has 2 N–H and O–H groups in total. The van der Waals surface area contributed by atoms with Crippen molar-refractivity contribution in [1.29, 1.82) is 0 Å². The third-order valence-electron chi connectivity index (χ3n) is 1.00. The predicted molar refractivity (Wildman–Crippen MR) is 63.5 cm³/mol. The zero-order valence-electron chi connectivity index (χ0n) is 7.49. The average molecular weight is 401 g/mol. The molecule has 15 heavy (non-hydrogen) atoms. The van der Waals surface area contributed by atoms with Crippen molar-refractivity contribution in [2.45, 2.75) is 0 Å². The van der Waals surface area contributed by atoms with Crippen LogP contribution in [-0.4, -0.2) is 67.3 Å². The van der Waals surface area contributed by atoms with Crippen LogP contribution in [0.25, 0.3) is 0 Å². The van der Waals surface area contributed by atoms with Gasteiger partial charge in [0.1, 0.15) is 0 Å². The molecule has 2 radical (unpaired) electrons. The summed E-state index contributed by atoms with van der Waals surface area (Å²) in [6, 6.07) is 0. The van der Waals surface area contributed by atoms with Crippen molar-refractivity contribution in [2.75, 3.05) is 23.0 Å². The molecule has 0 aliphatic carbocycles. The van der Waals surface area contributed by atoms with Crippen molar-refractivity contribution < 1.29 is 25.9 Å². The van der Waals surface area contributed by atoms with Gasteiger partial charge in [-0.2, -0.15) is 0 Å². The maximum absolute atomic E-state index is 10.3. The standard InChI is InChI=1S/2C2H6O3S2.Sn/c2*3-7(4,5)2-1-6;/h2*6H,1-2H2,(H,3,4,5);/q;;+2/p-2. The first-order chi connectivity index (χ1) is 6.71. The van der Waals surface area contributed by atoms with Crippen molar-refractivity contribution in [3.05, 3.63) is 0 Å². The Kier molecular flexibility index (Phi) is 8.28. The number of hydrogen-bond acceptors (Lipinski definition) is 6. The van der Waals surface area contributed by atoms with Crippen molar-refractivity contribution in [1.82, 2.24) is 0 Å². The van der Waals surface area contributed by atoms with Gasteiger partial charge >= 0.3 is 105 Å². The fourth-order valence-corrected chi connectivity index (χ4v) is 14.5. The van der Waals surface area contributed by atoms with E-state index in [1.807, 2.05) is 0 Å². The summed E-state index contributed by atoms with van der Waals surface area (Å²) in [4.78, 5) is 0. The average Bonchev–Trinajstić information content (AvgIpc) is 1.98. The van der Waals surface area contributed by atoms with Crippen LogP contribution in [0.15, 0.2) is 0 Å². The van der Waals surface area contributed by atoms with Gasteiger partial charge in [0, 0.05) is 0 Å². The van der Waals surface area contributed by atoms with Crippen LogP contribution < -0.4 is 0 Å². The van der Waals surface area contributed by atoms with Crippen LogP contribution in [-0.2, 0) is 20.2 Å². The van der Waals surface area contributed by atoms with E-state index in [1.165, 1.54) is 17.9 Å². The van der Waals surface area contributed by atoms with Crippen molar-refractivity contribution >= 4 is 56.5 Å². The molecule has 0 aliphatic heterocycles. The summed E-state index contributed by atoms with van der Waals surface area (Å²) in [7, 11) is -4.86. The van der Waals surface area contributed by atoms with Gasteiger partial charge in [0.05, 0.1) is 0 Å². The molecule has 90 valence electrons. The van der Waals surface area contributed by atoms with Crippen LogP contribution in [0.3, 0.4) is 0 Å². The molecule has 0 atom stereocenters. The van der Waals surface area contributed by atoms with Gasteiger partial charge in [-0.15, -0.1) is 0 Å². The van der Waals surface area contributed by atoms with E-state index < -0.39 is 38.6 Å². The zero-order valence-corrected chi connectivity index (χ0v) is 13.6. The van der Waals surface area contributed by atoms with Gasteiger partial charge < -0.3 is 0 Å². The topological polar surface area (TPSA) is 109 Å². The van der Waals surface area contributed by atoms with Crippen LogP contribution in [0, 0.1) is 0 Å². The van der Waals surface area contributed by atoms with Gasteiger partial charge in [-0.3, -0.25) is 0 Å². The minimum absolute atomic E-state index is 0.267. The molecular weight excluding hydrogens is 391 g/mol. The summed E-state index contributed by atoms with van der Waals surface area (Å²) in [5.41, 5.74) is 0. The van der Waals surface area contributed by atoms with E-state index in [0.717, 1.165) is 0 Å². The van der Waals surface area contributed by atoms with Crippen molar-refractivity contribution in [3.8, 4) is 0 Å². The Morgan fingerprint density at radius 2 is 1.20 bits per heavy atom. The Hall–Kier alpha value is 1.32. The van der Waals surface area contributed by atoms with Crippen LogP contribution in [0.1, 0.15) is 0 Å².